The molecule has 6 rings (SSSR count). The van der Waals surface area contributed by atoms with Crippen LogP contribution in [-0.2, 0) is 6.54 Å². The SMILES string of the molecule is CCCCn1c(=CC=CC=CC2=[N+](CCCC)c3ccc(Cl)c4cccc2c34)c2cccc3c(Cl)ccc1c32. The van der Waals surface area contributed by atoms with Crippen molar-refractivity contribution >= 4 is 73.1 Å². The van der Waals surface area contributed by atoms with Gasteiger partial charge in [0.05, 0.1) is 10.9 Å². The Morgan fingerprint density at radius 2 is 1.46 bits per heavy atom. The number of hydrogen-bond donors (Lipinski definition) is 0. The van der Waals surface area contributed by atoms with Crippen LogP contribution in [0, 0.1) is 0 Å². The number of aromatic nitrogens is 1. The van der Waals surface area contributed by atoms with Gasteiger partial charge in [-0.1, -0.05) is 98.5 Å². The first-order chi connectivity index (χ1) is 19.1. The van der Waals surface area contributed by atoms with Gasteiger partial charge in [0.25, 0.3) is 0 Å². The molecule has 39 heavy (non-hydrogen) atoms. The zero-order chi connectivity index (χ0) is 26.9. The lowest BCUT2D eigenvalue weighted by atomic mass is 10.0. The summed E-state index contributed by atoms with van der Waals surface area (Å²) in [6.07, 6.45) is 15.5. The van der Waals surface area contributed by atoms with E-state index in [0.717, 1.165) is 59.6 Å². The van der Waals surface area contributed by atoms with Gasteiger partial charge in [-0.15, -0.1) is 0 Å². The maximum absolute atomic E-state index is 6.58. The van der Waals surface area contributed by atoms with Gasteiger partial charge in [0, 0.05) is 67.6 Å². The van der Waals surface area contributed by atoms with E-state index < -0.39 is 0 Å². The normalized spacial score (nSPS) is 14.1. The minimum absolute atomic E-state index is 0.810. The fourth-order valence-electron chi connectivity index (χ4n) is 5.96. The summed E-state index contributed by atoms with van der Waals surface area (Å²) in [6.45, 7) is 6.47. The highest BCUT2D eigenvalue weighted by Gasteiger charge is 2.30. The van der Waals surface area contributed by atoms with Crippen LogP contribution in [0.25, 0.3) is 38.5 Å². The zero-order valence-corrected chi connectivity index (χ0v) is 24.1. The highest BCUT2D eigenvalue weighted by atomic mass is 35.5. The van der Waals surface area contributed by atoms with E-state index in [2.05, 4.69) is 102 Å². The first-order valence-electron chi connectivity index (χ1n) is 14.0. The lowest BCUT2D eigenvalue weighted by Crippen LogP contribution is -2.16. The van der Waals surface area contributed by atoms with E-state index in [9.17, 15) is 0 Å². The molecule has 5 aromatic rings. The molecule has 0 unspecified atom stereocenters. The summed E-state index contributed by atoms with van der Waals surface area (Å²) in [4.78, 5) is 0. The van der Waals surface area contributed by atoms with Crippen LogP contribution in [0.3, 0.4) is 0 Å². The Morgan fingerprint density at radius 1 is 0.744 bits per heavy atom. The van der Waals surface area contributed by atoms with E-state index in [0.29, 0.717) is 0 Å². The summed E-state index contributed by atoms with van der Waals surface area (Å²) < 4.78 is 4.90. The number of hydrogen-bond acceptors (Lipinski definition) is 0. The largest absolute Gasteiger partial charge is 0.340 e. The summed E-state index contributed by atoms with van der Waals surface area (Å²) in [6, 6.07) is 21.3. The van der Waals surface area contributed by atoms with Crippen molar-refractivity contribution in [2.45, 2.75) is 46.1 Å². The van der Waals surface area contributed by atoms with E-state index in [-0.39, 0.29) is 0 Å². The second-order valence-electron chi connectivity index (χ2n) is 10.3. The average Bonchev–Trinajstić information content (AvgIpc) is 3.43. The Hall–Kier alpha value is -3.33. The molecule has 0 amide bonds. The molecule has 1 aliphatic heterocycles. The van der Waals surface area contributed by atoms with Gasteiger partial charge in [-0.05, 0) is 36.8 Å². The Balaban J connectivity index is 1.40. The van der Waals surface area contributed by atoms with Crippen LogP contribution in [0.2, 0.25) is 10.0 Å². The quantitative estimate of drug-likeness (QED) is 0.127. The maximum Gasteiger partial charge on any atom is 0.214 e. The number of benzene rings is 4. The molecule has 0 N–H and O–H groups in total. The summed E-state index contributed by atoms with van der Waals surface area (Å²) in [5.74, 6) is 0. The topological polar surface area (TPSA) is 7.94 Å². The van der Waals surface area contributed by atoms with Gasteiger partial charge in [0.1, 0.15) is 6.54 Å². The third-order valence-electron chi connectivity index (χ3n) is 7.85. The van der Waals surface area contributed by atoms with Crippen molar-refractivity contribution in [3.05, 3.63) is 106 Å². The van der Waals surface area contributed by atoms with Crippen LogP contribution in [0.15, 0.2) is 85.0 Å². The fourth-order valence-corrected chi connectivity index (χ4v) is 6.40. The van der Waals surface area contributed by atoms with Gasteiger partial charge in [0.15, 0.2) is 0 Å². The first-order valence-corrected chi connectivity index (χ1v) is 14.8. The molecule has 2 heterocycles. The molecule has 0 fully saturated rings. The third-order valence-corrected chi connectivity index (χ3v) is 8.51. The molecule has 0 bridgehead atoms. The predicted molar refractivity (Wildman–Crippen MR) is 170 cm³/mol. The van der Waals surface area contributed by atoms with Crippen LogP contribution in [0.4, 0.5) is 5.69 Å². The standard InChI is InChI=1S/C35H33Cl2N2/c1-3-5-22-38-30(26-14-10-12-24-28(36)18-20-32(38)34(24)26)16-8-7-9-17-31-27-15-11-13-25-29(37)19-21-33(35(25)27)39(31)23-6-4-2/h7-21H,3-6,22-23H2,1-2H3/q+1. The summed E-state index contributed by atoms with van der Waals surface area (Å²) in [5, 5.41) is 8.88. The van der Waals surface area contributed by atoms with Gasteiger partial charge in [-0.3, -0.25) is 0 Å². The molecule has 1 aromatic heterocycles. The molecule has 2 nitrogen and oxygen atoms in total. The molecule has 0 saturated carbocycles. The second kappa shape index (κ2) is 11.0. The van der Waals surface area contributed by atoms with Gasteiger partial charge in [-0.25, -0.2) is 0 Å². The minimum atomic E-state index is 0.810. The van der Waals surface area contributed by atoms with Crippen LogP contribution in [0.5, 0.6) is 0 Å². The molecule has 1 aliphatic rings. The molecule has 4 heteroatoms. The van der Waals surface area contributed by atoms with Crippen molar-refractivity contribution in [1.29, 1.82) is 0 Å². The van der Waals surface area contributed by atoms with Gasteiger partial charge < -0.3 is 4.57 Å². The van der Waals surface area contributed by atoms with E-state index in [4.69, 9.17) is 23.2 Å². The number of nitrogens with zero attached hydrogens (tertiary/aromatic N) is 2. The first kappa shape index (κ1) is 25.9. The summed E-state index contributed by atoms with van der Waals surface area (Å²) >= 11 is 13.2. The lowest BCUT2D eigenvalue weighted by molar-refractivity contribution is -0.436. The Morgan fingerprint density at radius 3 is 2.26 bits per heavy atom. The molecular formula is C35H33Cl2N2+. The van der Waals surface area contributed by atoms with E-state index in [1.165, 1.54) is 44.0 Å². The van der Waals surface area contributed by atoms with Crippen LogP contribution < -0.4 is 5.35 Å². The second-order valence-corrected chi connectivity index (χ2v) is 11.1. The van der Waals surface area contributed by atoms with Crippen LogP contribution in [-0.4, -0.2) is 21.4 Å². The molecule has 4 aromatic carbocycles. The Bertz CT molecular complexity index is 1850. The van der Waals surface area contributed by atoms with E-state index in [1.54, 1.807) is 0 Å². The average molecular weight is 553 g/mol. The minimum Gasteiger partial charge on any atom is -0.340 e. The maximum atomic E-state index is 6.58. The van der Waals surface area contributed by atoms with Crippen molar-refractivity contribution in [2.24, 2.45) is 0 Å². The molecule has 196 valence electrons. The third kappa shape index (κ3) is 4.50. The highest BCUT2D eigenvalue weighted by Crippen LogP contribution is 2.39. The van der Waals surface area contributed by atoms with Crippen molar-refractivity contribution in [2.75, 3.05) is 6.54 Å². The van der Waals surface area contributed by atoms with Crippen molar-refractivity contribution < 1.29 is 4.58 Å². The smallest absolute Gasteiger partial charge is 0.214 e. The number of unbranched alkanes of at least 4 members (excludes halogenated alkanes) is 2. The van der Waals surface area contributed by atoms with E-state index >= 15 is 0 Å². The number of halogens is 2. The summed E-state index contributed by atoms with van der Waals surface area (Å²) in [5.41, 5.74) is 5.00. The van der Waals surface area contributed by atoms with Crippen LogP contribution >= 0.6 is 23.2 Å². The number of aryl methyl sites for hydroxylation is 1. The zero-order valence-electron chi connectivity index (χ0n) is 22.6. The highest BCUT2D eigenvalue weighted by molar-refractivity contribution is 6.37. The van der Waals surface area contributed by atoms with Gasteiger partial charge in [0.2, 0.25) is 11.4 Å². The number of rotatable bonds is 9. The Kier molecular flexibility index (Phi) is 7.34. The predicted octanol–water partition coefficient (Wildman–Crippen LogP) is 9.61. The summed E-state index contributed by atoms with van der Waals surface area (Å²) in [7, 11) is 0. The van der Waals surface area contributed by atoms with Gasteiger partial charge >= 0.3 is 0 Å². The van der Waals surface area contributed by atoms with E-state index in [1.807, 2.05) is 12.1 Å². The molecule has 0 aliphatic carbocycles. The Labute approximate surface area is 240 Å². The molecule has 0 spiro atoms. The van der Waals surface area contributed by atoms with Crippen molar-refractivity contribution in [3.63, 3.8) is 0 Å². The number of allylic oxidation sites excluding steroid dienone is 4. The monoisotopic (exact) mass is 551 g/mol. The molecule has 0 radical (unpaired) electrons. The van der Waals surface area contributed by atoms with Crippen LogP contribution in [0.1, 0.15) is 45.1 Å². The molecule has 0 saturated heterocycles. The fraction of sp³-hybridized carbons (Fsp3) is 0.229. The lowest BCUT2D eigenvalue weighted by Gasteiger charge is -2.06. The molecule has 0 atom stereocenters. The van der Waals surface area contributed by atoms with Gasteiger partial charge in [-0.2, -0.15) is 4.58 Å². The van der Waals surface area contributed by atoms with Crippen molar-refractivity contribution in [3.8, 4) is 0 Å². The van der Waals surface area contributed by atoms with Crippen molar-refractivity contribution in [1.82, 2.24) is 4.57 Å². The molecular weight excluding hydrogens is 519 g/mol.